The molecule has 0 saturated carbocycles. The van der Waals surface area contributed by atoms with Crippen molar-refractivity contribution >= 4 is 27.8 Å². The van der Waals surface area contributed by atoms with Crippen LogP contribution in [0.4, 0.5) is 4.39 Å². The number of rotatable bonds is 3. The number of carbonyl (C=O) groups is 1. The molecule has 0 aliphatic carbocycles. The van der Waals surface area contributed by atoms with Crippen LogP contribution in [0.5, 0.6) is 0 Å². The predicted octanol–water partition coefficient (Wildman–Crippen LogP) is 4.36. The minimum absolute atomic E-state index is 0.0398. The van der Waals surface area contributed by atoms with Crippen LogP contribution in [-0.4, -0.2) is 5.78 Å². The van der Waals surface area contributed by atoms with Crippen molar-refractivity contribution in [2.45, 2.75) is 0 Å². The van der Waals surface area contributed by atoms with E-state index >= 15 is 0 Å². The first kappa shape index (κ1) is 14.2. The second-order valence-corrected chi connectivity index (χ2v) is 4.97. The SMILES string of the molecule is N#Cc1cc(/C=C/C(=O)c2cccc(Br)c2)ccc1F. The largest absolute Gasteiger partial charge is 0.289 e. The van der Waals surface area contributed by atoms with Gasteiger partial charge in [-0.3, -0.25) is 4.79 Å². The fraction of sp³-hybridized carbons (Fsp3) is 0. The van der Waals surface area contributed by atoms with Crippen molar-refractivity contribution in [3.05, 3.63) is 75.5 Å². The van der Waals surface area contributed by atoms with Crippen LogP contribution in [0.25, 0.3) is 6.08 Å². The van der Waals surface area contributed by atoms with E-state index in [-0.39, 0.29) is 11.3 Å². The lowest BCUT2D eigenvalue weighted by Gasteiger charge is -1.98. The third kappa shape index (κ3) is 3.40. The van der Waals surface area contributed by atoms with Gasteiger partial charge in [-0.05, 0) is 35.9 Å². The van der Waals surface area contributed by atoms with Crippen molar-refractivity contribution in [3.8, 4) is 6.07 Å². The number of hydrogen-bond acceptors (Lipinski definition) is 2. The normalized spacial score (nSPS) is 10.4. The Hall–Kier alpha value is -2.25. The van der Waals surface area contributed by atoms with Crippen molar-refractivity contribution in [2.75, 3.05) is 0 Å². The average Bonchev–Trinajstić information content (AvgIpc) is 2.46. The number of nitrogens with zero attached hydrogens (tertiary/aromatic N) is 1. The molecule has 0 aliphatic heterocycles. The summed E-state index contributed by atoms with van der Waals surface area (Å²) >= 11 is 3.30. The molecule has 2 aromatic rings. The molecule has 2 aromatic carbocycles. The molecule has 20 heavy (non-hydrogen) atoms. The summed E-state index contributed by atoms with van der Waals surface area (Å²) in [5, 5.41) is 8.74. The Morgan fingerprint density at radius 3 is 2.75 bits per heavy atom. The summed E-state index contributed by atoms with van der Waals surface area (Å²) < 4.78 is 14.0. The molecule has 0 amide bonds. The van der Waals surface area contributed by atoms with E-state index in [1.54, 1.807) is 30.3 Å². The highest BCUT2D eigenvalue weighted by molar-refractivity contribution is 9.10. The van der Waals surface area contributed by atoms with Crippen LogP contribution in [0.1, 0.15) is 21.5 Å². The van der Waals surface area contributed by atoms with Gasteiger partial charge in [0, 0.05) is 10.0 Å². The van der Waals surface area contributed by atoms with Gasteiger partial charge in [0.1, 0.15) is 11.9 Å². The molecule has 0 atom stereocenters. The van der Waals surface area contributed by atoms with Crippen LogP contribution >= 0.6 is 15.9 Å². The maximum atomic E-state index is 13.2. The van der Waals surface area contributed by atoms with Gasteiger partial charge in [-0.15, -0.1) is 0 Å². The van der Waals surface area contributed by atoms with Crippen LogP contribution in [0.15, 0.2) is 53.0 Å². The van der Waals surface area contributed by atoms with Crippen molar-refractivity contribution in [2.24, 2.45) is 0 Å². The summed E-state index contributed by atoms with van der Waals surface area (Å²) in [5.74, 6) is -0.725. The van der Waals surface area contributed by atoms with Gasteiger partial charge >= 0.3 is 0 Å². The van der Waals surface area contributed by atoms with E-state index < -0.39 is 5.82 Å². The minimum atomic E-state index is -0.567. The third-order valence-corrected chi connectivity index (χ3v) is 3.14. The first-order valence-electron chi connectivity index (χ1n) is 5.78. The van der Waals surface area contributed by atoms with E-state index in [9.17, 15) is 9.18 Å². The monoisotopic (exact) mass is 329 g/mol. The topological polar surface area (TPSA) is 40.9 Å². The molecular formula is C16H9BrFNO. The summed E-state index contributed by atoms with van der Waals surface area (Å²) in [6, 6.07) is 12.9. The Kier molecular flexibility index (Phi) is 4.44. The molecule has 2 nitrogen and oxygen atoms in total. The Labute approximate surface area is 124 Å². The van der Waals surface area contributed by atoms with Gasteiger partial charge in [0.25, 0.3) is 0 Å². The van der Waals surface area contributed by atoms with Crippen molar-refractivity contribution in [3.63, 3.8) is 0 Å². The molecule has 0 N–H and O–H groups in total. The summed E-state index contributed by atoms with van der Waals surface area (Å²) in [6.45, 7) is 0. The predicted molar refractivity (Wildman–Crippen MR) is 78.6 cm³/mol. The molecule has 0 spiro atoms. The van der Waals surface area contributed by atoms with Gasteiger partial charge in [-0.1, -0.05) is 40.2 Å². The highest BCUT2D eigenvalue weighted by Crippen LogP contribution is 2.14. The fourth-order valence-corrected chi connectivity index (χ4v) is 2.04. The number of halogens is 2. The van der Waals surface area contributed by atoms with Crippen molar-refractivity contribution in [1.29, 1.82) is 5.26 Å². The van der Waals surface area contributed by atoms with Crippen molar-refractivity contribution < 1.29 is 9.18 Å². The van der Waals surface area contributed by atoms with Crippen LogP contribution in [-0.2, 0) is 0 Å². The minimum Gasteiger partial charge on any atom is -0.289 e. The zero-order chi connectivity index (χ0) is 14.5. The lowest BCUT2D eigenvalue weighted by atomic mass is 10.1. The molecule has 0 saturated heterocycles. The second-order valence-electron chi connectivity index (χ2n) is 4.06. The fourth-order valence-electron chi connectivity index (χ4n) is 1.64. The van der Waals surface area contributed by atoms with Gasteiger partial charge in [0.2, 0.25) is 0 Å². The Balaban J connectivity index is 2.21. The molecule has 2 rings (SSSR count). The molecule has 0 radical (unpaired) electrons. The van der Waals surface area contributed by atoms with Crippen LogP contribution in [0.3, 0.4) is 0 Å². The Morgan fingerprint density at radius 2 is 2.05 bits per heavy atom. The second kappa shape index (κ2) is 6.27. The molecular weight excluding hydrogens is 321 g/mol. The van der Waals surface area contributed by atoms with E-state index in [1.165, 1.54) is 24.3 Å². The van der Waals surface area contributed by atoms with E-state index in [1.807, 2.05) is 6.07 Å². The molecule has 0 bridgehead atoms. The quantitative estimate of drug-likeness (QED) is 0.620. The smallest absolute Gasteiger partial charge is 0.185 e. The zero-order valence-electron chi connectivity index (χ0n) is 10.3. The lowest BCUT2D eigenvalue weighted by molar-refractivity contribution is 0.104. The number of nitriles is 1. The van der Waals surface area contributed by atoms with E-state index in [0.29, 0.717) is 11.1 Å². The number of benzene rings is 2. The number of ketones is 1. The maximum absolute atomic E-state index is 13.2. The average molecular weight is 330 g/mol. The molecule has 0 fully saturated rings. The molecule has 0 heterocycles. The first-order valence-corrected chi connectivity index (χ1v) is 6.57. The van der Waals surface area contributed by atoms with Crippen LogP contribution < -0.4 is 0 Å². The van der Waals surface area contributed by atoms with E-state index in [0.717, 1.165) is 4.47 Å². The van der Waals surface area contributed by atoms with Gasteiger partial charge in [0.15, 0.2) is 5.78 Å². The first-order chi connectivity index (χ1) is 9.60. The molecule has 0 aromatic heterocycles. The van der Waals surface area contributed by atoms with Gasteiger partial charge < -0.3 is 0 Å². The highest BCUT2D eigenvalue weighted by Gasteiger charge is 2.03. The highest BCUT2D eigenvalue weighted by atomic mass is 79.9. The third-order valence-electron chi connectivity index (χ3n) is 2.65. The summed E-state index contributed by atoms with van der Waals surface area (Å²) in [7, 11) is 0. The van der Waals surface area contributed by atoms with Gasteiger partial charge in [0.05, 0.1) is 5.56 Å². The number of hydrogen-bond donors (Lipinski definition) is 0. The van der Waals surface area contributed by atoms with E-state index in [2.05, 4.69) is 15.9 Å². The zero-order valence-corrected chi connectivity index (χ0v) is 11.9. The number of allylic oxidation sites excluding steroid dienone is 1. The molecule has 0 unspecified atom stereocenters. The van der Waals surface area contributed by atoms with E-state index in [4.69, 9.17) is 5.26 Å². The summed E-state index contributed by atoms with van der Waals surface area (Å²) in [4.78, 5) is 11.9. The standard InChI is InChI=1S/C16H9BrFNO/c17-14-3-1-2-12(9-14)16(20)7-5-11-4-6-15(18)13(8-11)10-19/h1-9H/b7-5+. The van der Waals surface area contributed by atoms with Gasteiger partial charge in [-0.2, -0.15) is 5.26 Å². The van der Waals surface area contributed by atoms with Gasteiger partial charge in [-0.25, -0.2) is 4.39 Å². The van der Waals surface area contributed by atoms with Crippen LogP contribution in [0.2, 0.25) is 0 Å². The molecule has 98 valence electrons. The Morgan fingerprint density at radius 1 is 1.25 bits per heavy atom. The molecule has 0 aliphatic rings. The summed E-state index contributed by atoms with van der Waals surface area (Å²) in [5.41, 5.74) is 1.12. The van der Waals surface area contributed by atoms with Crippen molar-refractivity contribution in [1.82, 2.24) is 0 Å². The number of carbonyl (C=O) groups excluding carboxylic acids is 1. The lowest BCUT2D eigenvalue weighted by Crippen LogP contribution is -1.93. The molecule has 4 heteroatoms. The Bertz CT molecular complexity index is 731. The van der Waals surface area contributed by atoms with Crippen LogP contribution in [0, 0.1) is 17.1 Å². The summed E-state index contributed by atoms with van der Waals surface area (Å²) in [6.07, 6.45) is 2.96. The maximum Gasteiger partial charge on any atom is 0.185 e.